The van der Waals surface area contributed by atoms with Crippen molar-refractivity contribution in [1.29, 1.82) is 0 Å². The van der Waals surface area contributed by atoms with Crippen LogP contribution in [-0.2, 0) is 4.74 Å². The first-order valence-electron chi connectivity index (χ1n) is 7.57. The molecule has 0 radical (unpaired) electrons. The second-order valence-electron chi connectivity index (χ2n) is 7.14. The van der Waals surface area contributed by atoms with Gasteiger partial charge in [0, 0.05) is 5.56 Å². The molecule has 2 rings (SSSR count). The van der Waals surface area contributed by atoms with E-state index in [1.807, 2.05) is 31.2 Å². The third kappa shape index (κ3) is 4.17. The standard InChI is InChI=1S/C18H26O2/c1-13-6-5-7-15(8-13)17(19)12-20-16-9-14(2)10-18(3,4)11-16/h5-8,14,16H,9-12H2,1-4H3. The van der Waals surface area contributed by atoms with Crippen molar-refractivity contribution in [3.8, 4) is 0 Å². The summed E-state index contributed by atoms with van der Waals surface area (Å²) in [4.78, 5) is 12.2. The number of carbonyl (C=O) groups is 1. The highest BCUT2D eigenvalue weighted by molar-refractivity contribution is 5.97. The molecule has 2 heteroatoms. The van der Waals surface area contributed by atoms with Gasteiger partial charge in [0.15, 0.2) is 5.78 Å². The Bertz CT molecular complexity index is 476. The van der Waals surface area contributed by atoms with E-state index < -0.39 is 0 Å². The van der Waals surface area contributed by atoms with Crippen LogP contribution in [0.3, 0.4) is 0 Å². The predicted octanol–water partition coefficient (Wildman–Crippen LogP) is 4.41. The van der Waals surface area contributed by atoms with Crippen molar-refractivity contribution in [3.05, 3.63) is 35.4 Å². The van der Waals surface area contributed by atoms with Gasteiger partial charge in [-0.1, -0.05) is 44.5 Å². The molecule has 0 aromatic heterocycles. The summed E-state index contributed by atoms with van der Waals surface area (Å²) in [5.74, 6) is 0.766. The van der Waals surface area contributed by atoms with E-state index >= 15 is 0 Å². The van der Waals surface area contributed by atoms with Gasteiger partial charge < -0.3 is 4.74 Å². The fourth-order valence-electron chi connectivity index (χ4n) is 3.48. The summed E-state index contributed by atoms with van der Waals surface area (Å²) in [7, 11) is 0. The minimum atomic E-state index is 0.0877. The van der Waals surface area contributed by atoms with E-state index in [0.29, 0.717) is 11.3 Å². The predicted molar refractivity (Wildman–Crippen MR) is 82.0 cm³/mol. The molecule has 0 aliphatic heterocycles. The van der Waals surface area contributed by atoms with E-state index in [-0.39, 0.29) is 18.5 Å². The lowest BCUT2D eigenvalue weighted by Gasteiger charge is -2.38. The zero-order valence-corrected chi connectivity index (χ0v) is 13.1. The number of hydrogen-bond acceptors (Lipinski definition) is 2. The number of aryl methyl sites for hydroxylation is 1. The molecule has 1 fully saturated rings. The van der Waals surface area contributed by atoms with Crippen molar-refractivity contribution in [2.45, 2.75) is 53.1 Å². The van der Waals surface area contributed by atoms with Crippen molar-refractivity contribution in [2.24, 2.45) is 11.3 Å². The van der Waals surface area contributed by atoms with Gasteiger partial charge in [0.05, 0.1) is 6.10 Å². The first-order valence-corrected chi connectivity index (χ1v) is 7.57. The Balaban J connectivity index is 1.90. The van der Waals surface area contributed by atoms with Crippen LogP contribution in [0.1, 0.15) is 56.0 Å². The molecule has 0 amide bonds. The average Bonchev–Trinajstić information content (AvgIpc) is 2.33. The van der Waals surface area contributed by atoms with E-state index in [1.165, 1.54) is 6.42 Å². The van der Waals surface area contributed by atoms with Crippen molar-refractivity contribution in [1.82, 2.24) is 0 Å². The van der Waals surface area contributed by atoms with Crippen molar-refractivity contribution in [2.75, 3.05) is 6.61 Å². The van der Waals surface area contributed by atoms with Crippen LogP contribution in [-0.4, -0.2) is 18.5 Å². The Morgan fingerprint density at radius 3 is 2.75 bits per heavy atom. The Hall–Kier alpha value is -1.15. The Morgan fingerprint density at radius 1 is 1.35 bits per heavy atom. The summed E-state index contributed by atoms with van der Waals surface area (Å²) in [6.07, 6.45) is 3.60. The molecular weight excluding hydrogens is 248 g/mol. The quantitative estimate of drug-likeness (QED) is 0.760. The number of hydrogen-bond donors (Lipinski definition) is 0. The van der Waals surface area contributed by atoms with E-state index in [0.717, 1.165) is 24.0 Å². The molecule has 0 saturated heterocycles. The normalized spacial score (nSPS) is 25.4. The highest BCUT2D eigenvalue weighted by atomic mass is 16.5. The maximum Gasteiger partial charge on any atom is 0.188 e. The summed E-state index contributed by atoms with van der Waals surface area (Å²) in [5, 5.41) is 0. The van der Waals surface area contributed by atoms with Crippen molar-refractivity contribution < 1.29 is 9.53 Å². The highest BCUT2D eigenvalue weighted by Crippen LogP contribution is 2.39. The van der Waals surface area contributed by atoms with Gasteiger partial charge in [0.25, 0.3) is 0 Å². The molecule has 0 N–H and O–H groups in total. The van der Waals surface area contributed by atoms with Crippen LogP contribution in [0.4, 0.5) is 0 Å². The van der Waals surface area contributed by atoms with Crippen LogP contribution in [0, 0.1) is 18.3 Å². The van der Waals surface area contributed by atoms with Gasteiger partial charge >= 0.3 is 0 Å². The molecule has 0 bridgehead atoms. The lowest BCUT2D eigenvalue weighted by atomic mass is 9.71. The van der Waals surface area contributed by atoms with E-state index in [2.05, 4.69) is 20.8 Å². The second kappa shape index (κ2) is 6.09. The highest BCUT2D eigenvalue weighted by Gasteiger charge is 2.32. The molecule has 1 aliphatic rings. The lowest BCUT2D eigenvalue weighted by molar-refractivity contribution is -0.0167. The summed E-state index contributed by atoms with van der Waals surface area (Å²) in [5.41, 5.74) is 2.20. The van der Waals surface area contributed by atoms with Gasteiger partial charge in [0.2, 0.25) is 0 Å². The summed E-state index contributed by atoms with van der Waals surface area (Å²) in [6.45, 7) is 9.07. The zero-order chi connectivity index (χ0) is 14.8. The fourth-order valence-corrected chi connectivity index (χ4v) is 3.48. The zero-order valence-electron chi connectivity index (χ0n) is 13.1. The molecule has 1 aromatic rings. The first kappa shape index (κ1) is 15.2. The van der Waals surface area contributed by atoms with Gasteiger partial charge in [-0.3, -0.25) is 4.79 Å². The maximum atomic E-state index is 12.2. The van der Waals surface area contributed by atoms with E-state index in [9.17, 15) is 4.79 Å². The Labute approximate surface area is 122 Å². The monoisotopic (exact) mass is 274 g/mol. The summed E-state index contributed by atoms with van der Waals surface area (Å²) < 4.78 is 5.90. The van der Waals surface area contributed by atoms with Crippen LogP contribution in [0.5, 0.6) is 0 Å². The lowest BCUT2D eigenvalue weighted by Crippen LogP contribution is -2.33. The largest absolute Gasteiger partial charge is 0.370 e. The van der Waals surface area contributed by atoms with E-state index in [4.69, 9.17) is 4.74 Å². The van der Waals surface area contributed by atoms with Crippen LogP contribution >= 0.6 is 0 Å². The number of carbonyl (C=O) groups excluding carboxylic acids is 1. The Kier molecular flexibility index (Phi) is 4.64. The molecule has 2 unspecified atom stereocenters. The SMILES string of the molecule is Cc1cccc(C(=O)COC2CC(C)CC(C)(C)C2)c1. The third-order valence-corrected chi connectivity index (χ3v) is 4.14. The summed E-state index contributed by atoms with van der Waals surface area (Å²) in [6, 6.07) is 7.72. The fraction of sp³-hybridized carbons (Fsp3) is 0.611. The van der Waals surface area contributed by atoms with Gasteiger partial charge in [-0.05, 0) is 43.6 Å². The number of rotatable bonds is 4. The molecule has 0 spiro atoms. The minimum absolute atomic E-state index is 0.0877. The second-order valence-corrected chi connectivity index (χ2v) is 7.14. The molecule has 1 saturated carbocycles. The van der Waals surface area contributed by atoms with Crippen LogP contribution in [0.15, 0.2) is 24.3 Å². The maximum absolute atomic E-state index is 12.2. The first-order chi connectivity index (χ1) is 9.35. The molecule has 20 heavy (non-hydrogen) atoms. The average molecular weight is 274 g/mol. The van der Waals surface area contributed by atoms with Crippen LogP contribution in [0.2, 0.25) is 0 Å². The van der Waals surface area contributed by atoms with Gasteiger partial charge in [-0.2, -0.15) is 0 Å². The molecule has 110 valence electrons. The molecule has 2 nitrogen and oxygen atoms in total. The van der Waals surface area contributed by atoms with Crippen molar-refractivity contribution >= 4 is 5.78 Å². The molecule has 0 heterocycles. The summed E-state index contributed by atoms with van der Waals surface area (Å²) >= 11 is 0. The van der Waals surface area contributed by atoms with Crippen LogP contribution in [0.25, 0.3) is 0 Å². The number of ether oxygens (including phenoxy) is 1. The number of ketones is 1. The Morgan fingerprint density at radius 2 is 2.10 bits per heavy atom. The third-order valence-electron chi connectivity index (χ3n) is 4.14. The smallest absolute Gasteiger partial charge is 0.188 e. The topological polar surface area (TPSA) is 26.3 Å². The number of benzene rings is 1. The van der Waals surface area contributed by atoms with Gasteiger partial charge in [-0.15, -0.1) is 0 Å². The van der Waals surface area contributed by atoms with Gasteiger partial charge in [0.1, 0.15) is 6.61 Å². The van der Waals surface area contributed by atoms with Crippen LogP contribution < -0.4 is 0 Å². The molecular formula is C18H26O2. The molecule has 1 aliphatic carbocycles. The number of Topliss-reactive ketones (excluding diaryl/α,β-unsaturated/α-hetero) is 1. The molecule has 1 aromatic carbocycles. The van der Waals surface area contributed by atoms with E-state index in [1.54, 1.807) is 0 Å². The van der Waals surface area contributed by atoms with Gasteiger partial charge in [-0.25, -0.2) is 0 Å². The van der Waals surface area contributed by atoms with Crippen molar-refractivity contribution in [3.63, 3.8) is 0 Å². The molecule has 2 atom stereocenters. The minimum Gasteiger partial charge on any atom is -0.370 e.